The second-order valence-corrected chi connectivity index (χ2v) is 5.25. The summed E-state index contributed by atoms with van der Waals surface area (Å²) in [4.78, 5) is 12.4. The van der Waals surface area contributed by atoms with Crippen LogP contribution in [0.2, 0.25) is 0 Å². The summed E-state index contributed by atoms with van der Waals surface area (Å²) in [6.07, 6.45) is 9.08. The van der Waals surface area contributed by atoms with Crippen LogP contribution in [0.3, 0.4) is 0 Å². The second-order valence-electron chi connectivity index (χ2n) is 5.25. The second kappa shape index (κ2) is 6.17. The molecule has 0 unspecified atom stereocenters. The van der Waals surface area contributed by atoms with Crippen LogP contribution in [-0.2, 0) is 6.54 Å². The van der Waals surface area contributed by atoms with Crippen LogP contribution < -0.4 is 0 Å². The lowest BCUT2D eigenvalue weighted by atomic mass is 9.99. The number of aromatic amines is 1. The molecule has 2 rings (SSSR count). The van der Waals surface area contributed by atoms with Crippen molar-refractivity contribution in [3.8, 4) is 0 Å². The van der Waals surface area contributed by atoms with Crippen LogP contribution in [0, 0.1) is 0 Å². The van der Waals surface area contributed by atoms with Crippen molar-refractivity contribution in [2.24, 2.45) is 0 Å². The van der Waals surface area contributed by atoms with E-state index in [0.717, 1.165) is 18.4 Å². The van der Waals surface area contributed by atoms with E-state index in [1.165, 1.54) is 38.8 Å². The summed E-state index contributed by atoms with van der Waals surface area (Å²) in [6.45, 7) is 3.38. The predicted molar refractivity (Wildman–Crippen MR) is 69.8 cm³/mol. The van der Waals surface area contributed by atoms with Crippen LogP contribution in [0.15, 0.2) is 12.4 Å². The van der Waals surface area contributed by atoms with Gasteiger partial charge in [-0.2, -0.15) is 0 Å². The van der Waals surface area contributed by atoms with Gasteiger partial charge in [-0.25, -0.2) is 4.98 Å². The highest BCUT2D eigenvalue weighted by atomic mass is 15.2. The Labute approximate surface area is 104 Å². The fourth-order valence-electron chi connectivity index (χ4n) is 2.58. The lowest BCUT2D eigenvalue weighted by Crippen LogP contribution is -2.40. The summed E-state index contributed by atoms with van der Waals surface area (Å²) in [5, 5.41) is 0. The molecule has 17 heavy (non-hydrogen) atoms. The van der Waals surface area contributed by atoms with E-state index in [1.54, 1.807) is 0 Å². The molecule has 1 saturated heterocycles. The van der Waals surface area contributed by atoms with E-state index in [-0.39, 0.29) is 0 Å². The monoisotopic (exact) mass is 236 g/mol. The number of rotatable bonds is 5. The van der Waals surface area contributed by atoms with Crippen molar-refractivity contribution in [3.05, 3.63) is 18.2 Å². The number of hydrogen-bond donors (Lipinski definition) is 1. The lowest BCUT2D eigenvalue weighted by Gasteiger charge is -2.35. The Bertz CT molecular complexity index is 307. The van der Waals surface area contributed by atoms with Gasteiger partial charge in [0.15, 0.2) is 0 Å². The van der Waals surface area contributed by atoms with Crippen LogP contribution in [-0.4, -0.2) is 53.0 Å². The molecule has 4 nitrogen and oxygen atoms in total. The molecule has 1 atom stereocenters. The summed E-state index contributed by atoms with van der Waals surface area (Å²) in [5.41, 5.74) is 0. The van der Waals surface area contributed by atoms with Crippen molar-refractivity contribution in [1.29, 1.82) is 0 Å². The molecule has 1 N–H and O–H groups in total. The molecule has 2 heterocycles. The molecule has 0 aliphatic carbocycles. The highest BCUT2D eigenvalue weighted by Gasteiger charge is 2.22. The Morgan fingerprint density at radius 1 is 1.47 bits per heavy atom. The zero-order valence-corrected chi connectivity index (χ0v) is 11.0. The molecule has 0 bridgehead atoms. The number of H-pyrrole nitrogens is 1. The van der Waals surface area contributed by atoms with E-state index >= 15 is 0 Å². The quantitative estimate of drug-likeness (QED) is 0.845. The summed E-state index contributed by atoms with van der Waals surface area (Å²) in [7, 11) is 4.30. The first-order valence-corrected chi connectivity index (χ1v) is 6.63. The van der Waals surface area contributed by atoms with Gasteiger partial charge in [0.1, 0.15) is 5.82 Å². The molecule has 0 radical (unpaired) electrons. The molecule has 0 aromatic carbocycles. The minimum absolute atomic E-state index is 0.733. The van der Waals surface area contributed by atoms with Crippen LogP contribution in [0.4, 0.5) is 0 Å². The van der Waals surface area contributed by atoms with Gasteiger partial charge in [0, 0.05) is 18.4 Å². The molecule has 1 fully saturated rings. The minimum atomic E-state index is 0.733. The summed E-state index contributed by atoms with van der Waals surface area (Å²) in [6, 6.07) is 0.733. The highest BCUT2D eigenvalue weighted by Crippen LogP contribution is 2.21. The van der Waals surface area contributed by atoms with Gasteiger partial charge in [0.2, 0.25) is 0 Å². The normalized spacial score (nSPS) is 22.2. The molecule has 1 aromatic heterocycles. The Kier molecular flexibility index (Phi) is 4.57. The molecule has 0 amide bonds. The first-order chi connectivity index (χ1) is 8.25. The van der Waals surface area contributed by atoms with Gasteiger partial charge in [0.25, 0.3) is 0 Å². The van der Waals surface area contributed by atoms with Gasteiger partial charge >= 0.3 is 0 Å². The minimum Gasteiger partial charge on any atom is -0.348 e. The van der Waals surface area contributed by atoms with Crippen molar-refractivity contribution in [1.82, 2.24) is 19.8 Å². The van der Waals surface area contributed by atoms with Crippen molar-refractivity contribution in [2.45, 2.75) is 38.3 Å². The van der Waals surface area contributed by atoms with E-state index in [2.05, 4.69) is 33.9 Å². The Morgan fingerprint density at radius 2 is 2.35 bits per heavy atom. The third-order valence-electron chi connectivity index (χ3n) is 3.57. The molecule has 96 valence electrons. The average molecular weight is 236 g/mol. The fraction of sp³-hybridized carbons (Fsp3) is 0.769. The maximum Gasteiger partial charge on any atom is 0.120 e. The van der Waals surface area contributed by atoms with E-state index in [4.69, 9.17) is 0 Å². The molecule has 4 heteroatoms. The van der Waals surface area contributed by atoms with E-state index in [1.807, 2.05) is 12.4 Å². The molecule has 0 spiro atoms. The summed E-state index contributed by atoms with van der Waals surface area (Å²) < 4.78 is 0. The molecule has 1 aromatic rings. The first-order valence-electron chi connectivity index (χ1n) is 6.63. The number of nitrogens with zero attached hydrogens (tertiary/aromatic N) is 3. The van der Waals surface area contributed by atoms with Crippen LogP contribution in [0.1, 0.15) is 31.5 Å². The molecule has 0 saturated carbocycles. The maximum atomic E-state index is 4.33. The van der Waals surface area contributed by atoms with Crippen molar-refractivity contribution >= 4 is 0 Å². The number of piperidine rings is 1. The molecule has 1 aliphatic rings. The molecular formula is C13H24N4. The Hall–Kier alpha value is -0.870. The topological polar surface area (TPSA) is 35.2 Å². The van der Waals surface area contributed by atoms with Gasteiger partial charge < -0.3 is 9.88 Å². The Morgan fingerprint density at radius 3 is 3.06 bits per heavy atom. The van der Waals surface area contributed by atoms with E-state index in [9.17, 15) is 0 Å². The first kappa shape index (κ1) is 12.6. The number of hydrogen-bond acceptors (Lipinski definition) is 3. The lowest BCUT2D eigenvalue weighted by molar-refractivity contribution is 0.122. The smallest absolute Gasteiger partial charge is 0.120 e. The standard InChI is InChI=1S/C13H24N4/c1-16(2)10-6-12-5-3-4-9-17(12)11-13-14-7-8-15-13/h7-8,12H,3-6,9-11H2,1-2H3,(H,14,15)/t12-/m0/s1. The maximum absolute atomic E-state index is 4.33. The van der Waals surface area contributed by atoms with Gasteiger partial charge in [-0.15, -0.1) is 0 Å². The van der Waals surface area contributed by atoms with Crippen molar-refractivity contribution < 1.29 is 0 Å². The third kappa shape index (κ3) is 3.82. The Balaban J connectivity index is 1.87. The zero-order chi connectivity index (χ0) is 12.1. The van der Waals surface area contributed by atoms with Gasteiger partial charge in [0.05, 0.1) is 6.54 Å². The van der Waals surface area contributed by atoms with Gasteiger partial charge in [-0.05, 0) is 46.4 Å². The van der Waals surface area contributed by atoms with Crippen molar-refractivity contribution in [3.63, 3.8) is 0 Å². The average Bonchev–Trinajstić information content (AvgIpc) is 2.80. The number of imidazole rings is 1. The predicted octanol–water partition coefficient (Wildman–Crippen LogP) is 1.72. The molecule has 1 aliphatic heterocycles. The van der Waals surface area contributed by atoms with Crippen LogP contribution in [0.5, 0.6) is 0 Å². The van der Waals surface area contributed by atoms with Gasteiger partial charge in [-0.3, -0.25) is 4.90 Å². The van der Waals surface area contributed by atoms with Crippen LogP contribution >= 0.6 is 0 Å². The number of likely N-dealkylation sites (tertiary alicyclic amines) is 1. The third-order valence-corrected chi connectivity index (χ3v) is 3.57. The SMILES string of the molecule is CN(C)CC[C@@H]1CCCCN1Cc1ncc[nH]1. The highest BCUT2D eigenvalue weighted by molar-refractivity contribution is 4.89. The van der Waals surface area contributed by atoms with Gasteiger partial charge in [-0.1, -0.05) is 6.42 Å². The number of aromatic nitrogens is 2. The largest absolute Gasteiger partial charge is 0.348 e. The van der Waals surface area contributed by atoms with Crippen molar-refractivity contribution in [2.75, 3.05) is 27.2 Å². The molecular weight excluding hydrogens is 212 g/mol. The fourth-order valence-corrected chi connectivity index (χ4v) is 2.58. The van der Waals surface area contributed by atoms with E-state index in [0.29, 0.717) is 0 Å². The number of nitrogens with one attached hydrogen (secondary N) is 1. The summed E-state index contributed by atoms with van der Waals surface area (Å²) in [5.74, 6) is 1.10. The van der Waals surface area contributed by atoms with E-state index < -0.39 is 0 Å². The van der Waals surface area contributed by atoms with Crippen LogP contribution in [0.25, 0.3) is 0 Å². The summed E-state index contributed by atoms with van der Waals surface area (Å²) >= 11 is 0. The zero-order valence-electron chi connectivity index (χ0n) is 11.0.